The van der Waals surface area contributed by atoms with E-state index in [-0.39, 0.29) is 0 Å². The summed E-state index contributed by atoms with van der Waals surface area (Å²) in [5.74, 6) is 3.65. The zero-order valence-electron chi connectivity index (χ0n) is 13.8. The highest BCUT2D eigenvalue weighted by Gasteiger charge is 2.26. The Morgan fingerprint density at radius 1 is 1.33 bits per heavy atom. The first-order chi connectivity index (χ1) is 10.2. The Balaban J connectivity index is 2.24. The van der Waals surface area contributed by atoms with Gasteiger partial charge in [-0.15, -0.1) is 0 Å². The highest BCUT2D eigenvalue weighted by molar-refractivity contribution is 5.59. The third-order valence-corrected chi connectivity index (χ3v) is 3.97. The van der Waals surface area contributed by atoms with E-state index in [0.29, 0.717) is 5.92 Å². The molecule has 0 spiro atoms. The number of nitrogens with one attached hydrogen (secondary N) is 1. The van der Waals surface area contributed by atoms with Crippen molar-refractivity contribution in [2.45, 2.75) is 40.0 Å². The summed E-state index contributed by atoms with van der Waals surface area (Å²) in [6.45, 7) is 10.2. The summed E-state index contributed by atoms with van der Waals surface area (Å²) in [6.07, 6.45) is 3.18. The van der Waals surface area contributed by atoms with Gasteiger partial charge < -0.3 is 15.0 Å². The molecule has 1 N–H and O–H groups in total. The SMILES string of the molecule is CCCc1nc(NCC)c(C)c(N2CCC(COC)C2)n1. The molecule has 2 heterocycles. The predicted octanol–water partition coefficient (Wildman–Crippen LogP) is 2.64. The highest BCUT2D eigenvalue weighted by atomic mass is 16.5. The molecule has 21 heavy (non-hydrogen) atoms. The van der Waals surface area contributed by atoms with Gasteiger partial charge in [0, 0.05) is 44.6 Å². The molecule has 0 amide bonds. The number of nitrogens with zero attached hydrogens (tertiary/aromatic N) is 3. The second-order valence-electron chi connectivity index (χ2n) is 5.77. The minimum absolute atomic E-state index is 0.613. The lowest BCUT2D eigenvalue weighted by Crippen LogP contribution is -2.24. The Morgan fingerprint density at radius 2 is 2.14 bits per heavy atom. The van der Waals surface area contributed by atoms with Crippen LogP contribution in [0.25, 0.3) is 0 Å². The van der Waals surface area contributed by atoms with E-state index in [4.69, 9.17) is 9.72 Å². The molecule has 1 atom stereocenters. The Hall–Kier alpha value is -1.36. The van der Waals surface area contributed by atoms with E-state index in [1.165, 1.54) is 6.42 Å². The number of methoxy groups -OCH3 is 1. The van der Waals surface area contributed by atoms with Crippen LogP contribution in [0.1, 0.15) is 38.1 Å². The van der Waals surface area contributed by atoms with Crippen LogP contribution in [0, 0.1) is 12.8 Å². The minimum atomic E-state index is 0.613. The van der Waals surface area contributed by atoms with Gasteiger partial charge in [0.25, 0.3) is 0 Å². The first kappa shape index (κ1) is 16.0. The van der Waals surface area contributed by atoms with Crippen molar-refractivity contribution >= 4 is 11.6 Å². The van der Waals surface area contributed by atoms with E-state index in [9.17, 15) is 0 Å². The molecule has 1 saturated heterocycles. The number of hydrogen-bond donors (Lipinski definition) is 1. The molecule has 118 valence electrons. The van der Waals surface area contributed by atoms with E-state index >= 15 is 0 Å². The summed E-state index contributed by atoms with van der Waals surface area (Å²) in [7, 11) is 1.78. The van der Waals surface area contributed by atoms with Crippen molar-refractivity contribution in [2.75, 3.05) is 43.6 Å². The van der Waals surface area contributed by atoms with Crippen LogP contribution in [0.2, 0.25) is 0 Å². The van der Waals surface area contributed by atoms with Gasteiger partial charge in [-0.1, -0.05) is 6.92 Å². The third-order valence-electron chi connectivity index (χ3n) is 3.97. The zero-order chi connectivity index (χ0) is 15.2. The molecule has 5 heteroatoms. The molecule has 0 saturated carbocycles. The lowest BCUT2D eigenvalue weighted by Gasteiger charge is -2.22. The Kier molecular flexibility index (Phi) is 5.79. The van der Waals surface area contributed by atoms with Crippen LogP contribution >= 0.6 is 0 Å². The number of ether oxygens (including phenoxy) is 1. The summed E-state index contributed by atoms with van der Waals surface area (Å²) in [6, 6.07) is 0. The molecular formula is C16H28N4O. The van der Waals surface area contributed by atoms with Crippen molar-refractivity contribution in [3.63, 3.8) is 0 Å². The van der Waals surface area contributed by atoms with Crippen molar-refractivity contribution in [3.8, 4) is 0 Å². The summed E-state index contributed by atoms with van der Waals surface area (Å²) >= 11 is 0. The maximum atomic E-state index is 5.29. The maximum Gasteiger partial charge on any atom is 0.137 e. The van der Waals surface area contributed by atoms with E-state index in [0.717, 1.165) is 62.1 Å². The van der Waals surface area contributed by atoms with Crippen molar-refractivity contribution < 1.29 is 4.74 Å². The number of hydrogen-bond acceptors (Lipinski definition) is 5. The highest BCUT2D eigenvalue weighted by Crippen LogP contribution is 2.28. The van der Waals surface area contributed by atoms with Crippen LogP contribution in [-0.4, -0.2) is 43.3 Å². The molecule has 1 fully saturated rings. The quantitative estimate of drug-likeness (QED) is 0.837. The average Bonchev–Trinajstić information content (AvgIpc) is 2.91. The second kappa shape index (κ2) is 7.59. The van der Waals surface area contributed by atoms with Crippen molar-refractivity contribution in [2.24, 2.45) is 5.92 Å². The first-order valence-electron chi connectivity index (χ1n) is 8.04. The minimum Gasteiger partial charge on any atom is -0.384 e. The molecule has 1 aliphatic rings. The summed E-state index contributed by atoms with van der Waals surface area (Å²) in [5, 5.41) is 3.37. The Morgan fingerprint density at radius 3 is 2.81 bits per heavy atom. The van der Waals surface area contributed by atoms with Gasteiger partial charge in [0.15, 0.2) is 0 Å². The Labute approximate surface area is 128 Å². The third kappa shape index (κ3) is 3.84. The molecule has 0 aliphatic carbocycles. The number of aromatic nitrogens is 2. The van der Waals surface area contributed by atoms with E-state index in [2.05, 4.69) is 36.0 Å². The van der Waals surface area contributed by atoms with Crippen LogP contribution in [0.5, 0.6) is 0 Å². The van der Waals surface area contributed by atoms with Crippen molar-refractivity contribution in [1.82, 2.24) is 9.97 Å². The predicted molar refractivity (Wildman–Crippen MR) is 87.1 cm³/mol. The number of aryl methyl sites for hydroxylation is 1. The van der Waals surface area contributed by atoms with Crippen LogP contribution in [-0.2, 0) is 11.2 Å². The molecule has 2 rings (SSSR count). The van der Waals surface area contributed by atoms with Gasteiger partial charge in [0.05, 0.1) is 6.61 Å². The largest absolute Gasteiger partial charge is 0.384 e. The molecule has 0 radical (unpaired) electrons. The fraction of sp³-hybridized carbons (Fsp3) is 0.750. The van der Waals surface area contributed by atoms with Crippen LogP contribution < -0.4 is 10.2 Å². The van der Waals surface area contributed by atoms with Gasteiger partial charge in [-0.25, -0.2) is 9.97 Å². The van der Waals surface area contributed by atoms with Gasteiger partial charge in [-0.05, 0) is 26.7 Å². The second-order valence-corrected chi connectivity index (χ2v) is 5.77. The molecule has 1 aromatic heterocycles. The zero-order valence-corrected chi connectivity index (χ0v) is 13.8. The van der Waals surface area contributed by atoms with E-state index < -0.39 is 0 Å². The summed E-state index contributed by atoms with van der Waals surface area (Å²) < 4.78 is 5.29. The van der Waals surface area contributed by atoms with E-state index in [1.807, 2.05) is 0 Å². The van der Waals surface area contributed by atoms with Crippen LogP contribution in [0.4, 0.5) is 11.6 Å². The molecule has 5 nitrogen and oxygen atoms in total. The van der Waals surface area contributed by atoms with Gasteiger partial charge in [-0.3, -0.25) is 0 Å². The molecule has 1 aliphatic heterocycles. The standard InChI is InChI=1S/C16H28N4O/c1-5-7-14-18-15(17-6-2)12(3)16(19-14)20-9-8-13(10-20)11-21-4/h13H,5-11H2,1-4H3,(H,17,18,19). The fourth-order valence-electron chi connectivity index (χ4n) is 2.93. The topological polar surface area (TPSA) is 50.3 Å². The average molecular weight is 292 g/mol. The monoisotopic (exact) mass is 292 g/mol. The van der Waals surface area contributed by atoms with Crippen molar-refractivity contribution in [1.29, 1.82) is 0 Å². The molecule has 0 bridgehead atoms. The molecule has 1 unspecified atom stereocenters. The smallest absolute Gasteiger partial charge is 0.137 e. The summed E-state index contributed by atoms with van der Waals surface area (Å²) in [4.78, 5) is 11.9. The van der Waals surface area contributed by atoms with E-state index in [1.54, 1.807) is 7.11 Å². The lowest BCUT2D eigenvalue weighted by atomic mass is 10.1. The van der Waals surface area contributed by atoms with Gasteiger partial charge in [0.1, 0.15) is 17.5 Å². The number of rotatable bonds is 7. The molecule has 0 aromatic carbocycles. The van der Waals surface area contributed by atoms with Crippen LogP contribution in [0.15, 0.2) is 0 Å². The lowest BCUT2D eigenvalue weighted by molar-refractivity contribution is 0.161. The first-order valence-corrected chi connectivity index (χ1v) is 8.04. The van der Waals surface area contributed by atoms with Gasteiger partial charge >= 0.3 is 0 Å². The van der Waals surface area contributed by atoms with Gasteiger partial charge in [0.2, 0.25) is 0 Å². The normalized spacial score (nSPS) is 18.3. The summed E-state index contributed by atoms with van der Waals surface area (Å²) in [5.41, 5.74) is 1.16. The Bertz CT molecular complexity index is 464. The number of anilines is 2. The molecular weight excluding hydrogens is 264 g/mol. The molecule has 1 aromatic rings. The van der Waals surface area contributed by atoms with Gasteiger partial charge in [-0.2, -0.15) is 0 Å². The van der Waals surface area contributed by atoms with Crippen molar-refractivity contribution in [3.05, 3.63) is 11.4 Å². The fourth-order valence-corrected chi connectivity index (χ4v) is 2.93. The maximum absolute atomic E-state index is 5.29. The van der Waals surface area contributed by atoms with Crippen LogP contribution in [0.3, 0.4) is 0 Å².